The van der Waals surface area contributed by atoms with Gasteiger partial charge in [0.05, 0.1) is 13.0 Å². The van der Waals surface area contributed by atoms with Gasteiger partial charge in [-0.2, -0.15) is 0 Å². The summed E-state index contributed by atoms with van der Waals surface area (Å²) < 4.78 is 4.73. The first kappa shape index (κ1) is 16.2. The van der Waals surface area contributed by atoms with Gasteiger partial charge in [-0.05, 0) is 23.1 Å². The highest BCUT2D eigenvalue weighted by Gasteiger charge is 2.34. The largest absolute Gasteiger partial charge is 0.469 e. The van der Waals surface area contributed by atoms with Crippen molar-refractivity contribution in [3.8, 4) is 11.1 Å². The van der Waals surface area contributed by atoms with E-state index in [2.05, 4.69) is 36.4 Å². The zero-order valence-corrected chi connectivity index (χ0v) is 13.8. The van der Waals surface area contributed by atoms with Crippen molar-refractivity contribution in [3.05, 3.63) is 60.2 Å². The molecule has 4 heteroatoms. The van der Waals surface area contributed by atoms with E-state index in [0.29, 0.717) is 13.1 Å². The molecule has 1 atom stereocenters. The van der Waals surface area contributed by atoms with E-state index in [0.717, 1.165) is 6.42 Å². The molecule has 1 saturated heterocycles. The lowest BCUT2D eigenvalue weighted by Gasteiger charge is -2.16. The van der Waals surface area contributed by atoms with Crippen molar-refractivity contribution < 1.29 is 14.3 Å². The van der Waals surface area contributed by atoms with Crippen LogP contribution in [0.25, 0.3) is 11.1 Å². The van der Waals surface area contributed by atoms with Gasteiger partial charge >= 0.3 is 5.97 Å². The number of carbonyl (C=O) groups is 2. The number of hydrogen-bond donors (Lipinski definition) is 0. The Morgan fingerprint density at radius 2 is 1.75 bits per heavy atom. The second-order valence-corrected chi connectivity index (χ2v) is 6.08. The van der Waals surface area contributed by atoms with Crippen LogP contribution in [0.15, 0.2) is 54.6 Å². The highest BCUT2D eigenvalue weighted by molar-refractivity contribution is 5.86. The first-order valence-electron chi connectivity index (χ1n) is 8.17. The van der Waals surface area contributed by atoms with Gasteiger partial charge in [0.2, 0.25) is 5.91 Å². The van der Waals surface area contributed by atoms with Crippen LogP contribution in [-0.4, -0.2) is 37.0 Å². The molecule has 1 heterocycles. The third kappa shape index (κ3) is 3.65. The van der Waals surface area contributed by atoms with Crippen LogP contribution in [0.4, 0.5) is 0 Å². The van der Waals surface area contributed by atoms with Gasteiger partial charge in [0.1, 0.15) is 0 Å². The van der Waals surface area contributed by atoms with Crippen molar-refractivity contribution in [2.24, 2.45) is 5.92 Å². The maximum absolute atomic E-state index is 12.0. The van der Waals surface area contributed by atoms with Gasteiger partial charge in [0.15, 0.2) is 0 Å². The number of hydrogen-bond acceptors (Lipinski definition) is 3. The molecule has 0 saturated carbocycles. The van der Waals surface area contributed by atoms with Gasteiger partial charge in [0.25, 0.3) is 0 Å². The van der Waals surface area contributed by atoms with E-state index in [4.69, 9.17) is 4.74 Å². The van der Waals surface area contributed by atoms with Crippen molar-refractivity contribution in [1.82, 2.24) is 4.90 Å². The number of amides is 1. The fourth-order valence-electron chi connectivity index (χ4n) is 3.07. The van der Waals surface area contributed by atoms with Crippen molar-refractivity contribution in [2.75, 3.05) is 20.2 Å². The maximum Gasteiger partial charge on any atom is 0.310 e. The summed E-state index contributed by atoms with van der Waals surface area (Å²) >= 11 is 0. The number of benzene rings is 2. The Morgan fingerprint density at radius 1 is 1.08 bits per heavy atom. The van der Waals surface area contributed by atoms with E-state index in [1.807, 2.05) is 18.2 Å². The summed E-state index contributed by atoms with van der Waals surface area (Å²) in [7, 11) is 1.36. The number of methoxy groups -OCH3 is 1. The van der Waals surface area contributed by atoms with Gasteiger partial charge in [-0.1, -0.05) is 54.6 Å². The molecule has 1 aliphatic heterocycles. The van der Waals surface area contributed by atoms with Gasteiger partial charge in [-0.15, -0.1) is 0 Å². The number of carbonyl (C=O) groups excluding carboxylic acids is 2. The molecule has 2 aromatic rings. The fourth-order valence-corrected chi connectivity index (χ4v) is 3.07. The summed E-state index contributed by atoms with van der Waals surface area (Å²) in [6.07, 6.45) is 1.05. The lowest BCUT2D eigenvalue weighted by Crippen LogP contribution is -2.28. The number of nitrogens with zero attached hydrogens (tertiary/aromatic N) is 1. The smallest absolute Gasteiger partial charge is 0.310 e. The van der Waals surface area contributed by atoms with Gasteiger partial charge in [-0.25, -0.2) is 0 Å². The number of esters is 1. The third-order valence-electron chi connectivity index (χ3n) is 4.48. The average Bonchev–Trinajstić information content (AvgIpc) is 3.01. The van der Waals surface area contributed by atoms with E-state index >= 15 is 0 Å². The number of likely N-dealkylation sites (tertiary alicyclic amines) is 1. The molecule has 124 valence electrons. The molecule has 0 aliphatic carbocycles. The first-order chi connectivity index (χ1) is 11.7. The molecular formula is C20H21NO3. The zero-order chi connectivity index (χ0) is 16.9. The minimum absolute atomic E-state index is 0.0336. The average molecular weight is 323 g/mol. The molecule has 24 heavy (non-hydrogen) atoms. The fraction of sp³-hybridized carbons (Fsp3) is 0.300. The standard InChI is InChI=1S/C20H21NO3/c1-24-20(23)18-13-19(22)21(14-18)12-11-15-7-9-17(10-8-15)16-5-3-2-4-6-16/h2-10,18H,11-14H2,1H3. The van der Waals surface area contributed by atoms with E-state index in [1.165, 1.54) is 23.8 Å². The number of ether oxygens (including phenoxy) is 1. The summed E-state index contributed by atoms with van der Waals surface area (Å²) in [6, 6.07) is 18.6. The summed E-state index contributed by atoms with van der Waals surface area (Å²) in [5, 5.41) is 0. The van der Waals surface area contributed by atoms with Crippen LogP contribution in [0, 0.1) is 5.92 Å². The van der Waals surface area contributed by atoms with Crippen molar-refractivity contribution >= 4 is 11.9 Å². The minimum Gasteiger partial charge on any atom is -0.469 e. The summed E-state index contributed by atoms with van der Waals surface area (Å²) in [5.41, 5.74) is 3.56. The van der Waals surface area contributed by atoms with Crippen LogP contribution in [-0.2, 0) is 20.7 Å². The Labute approximate surface area is 142 Å². The van der Waals surface area contributed by atoms with Crippen molar-refractivity contribution in [1.29, 1.82) is 0 Å². The van der Waals surface area contributed by atoms with Crippen LogP contribution >= 0.6 is 0 Å². The van der Waals surface area contributed by atoms with Crippen molar-refractivity contribution in [3.63, 3.8) is 0 Å². The molecule has 0 N–H and O–H groups in total. The summed E-state index contributed by atoms with van der Waals surface area (Å²) in [6.45, 7) is 1.10. The Bertz CT molecular complexity index is 709. The molecule has 1 fully saturated rings. The molecule has 2 aromatic carbocycles. The quantitative estimate of drug-likeness (QED) is 0.795. The molecular weight excluding hydrogens is 302 g/mol. The molecule has 1 aliphatic rings. The van der Waals surface area contributed by atoms with Gasteiger partial charge < -0.3 is 9.64 Å². The first-order valence-corrected chi connectivity index (χ1v) is 8.17. The van der Waals surface area contributed by atoms with Crippen LogP contribution in [0.5, 0.6) is 0 Å². The SMILES string of the molecule is COC(=O)C1CC(=O)N(CCc2ccc(-c3ccccc3)cc2)C1. The highest BCUT2D eigenvalue weighted by atomic mass is 16.5. The molecule has 0 aromatic heterocycles. The Balaban J connectivity index is 1.57. The predicted octanol–water partition coefficient (Wildman–Crippen LogP) is 2.92. The lowest BCUT2D eigenvalue weighted by molar-refractivity contribution is -0.145. The van der Waals surface area contributed by atoms with Gasteiger partial charge in [0, 0.05) is 19.5 Å². The van der Waals surface area contributed by atoms with E-state index < -0.39 is 0 Å². The molecule has 0 radical (unpaired) electrons. The molecule has 1 unspecified atom stereocenters. The van der Waals surface area contributed by atoms with Crippen LogP contribution in [0.2, 0.25) is 0 Å². The number of rotatable bonds is 5. The molecule has 3 rings (SSSR count). The normalized spacial score (nSPS) is 17.1. The van der Waals surface area contributed by atoms with Gasteiger partial charge in [-0.3, -0.25) is 9.59 Å². The maximum atomic E-state index is 12.0. The lowest BCUT2D eigenvalue weighted by atomic mass is 10.0. The summed E-state index contributed by atoms with van der Waals surface area (Å²) in [4.78, 5) is 25.3. The highest BCUT2D eigenvalue weighted by Crippen LogP contribution is 2.21. The monoisotopic (exact) mass is 323 g/mol. The zero-order valence-electron chi connectivity index (χ0n) is 13.8. The van der Waals surface area contributed by atoms with E-state index in [-0.39, 0.29) is 24.2 Å². The summed E-state index contributed by atoms with van der Waals surface area (Å²) in [5.74, 6) is -0.577. The Hall–Kier alpha value is -2.62. The van der Waals surface area contributed by atoms with Crippen LogP contribution in [0.1, 0.15) is 12.0 Å². The predicted molar refractivity (Wildman–Crippen MR) is 92.3 cm³/mol. The third-order valence-corrected chi connectivity index (χ3v) is 4.48. The van der Waals surface area contributed by atoms with E-state index in [9.17, 15) is 9.59 Å². The van der Waals surface area contributed by atoms with Crippen LogP contribution < -0.4 is 0 Å². The topological polar surface area (TPSA) is 46.6 Å². The molecule has 4 nitrogen and oxygen atoms in total. The second kappa shape index (κ2) is 7.30. The molecule has 0 spiro atoms. The van der Waals surface area contributed by atoms with Crippen LogP contribution in [0.3, 0.4) is 0 Å². The molecule has 0 bridgehead atoms. The van der Waals surface area contributed by atoms with E-state index in [1.54, 1.807) is 4.90 Å². The Morgan fingerprint density at radius 3 is 2.42 bits per heavy atom. The second-order valence-electron chi connectivity index (χ2n) is 6.08. The minimum atomic E-state index is -0.317. The molecule has 1 amide bonds. The van der Waals surface area contributed by atoms with Crippen molar-refractivity contribution in [2.45, 2.75) is 12.8 Å². The Kier molecular flexibility index (Phi) is 4.94.